The van der Waals surface area contributed by atoms with Gasteiger partial charge in [-0.25, -0.2) is 4.98 Å². The molecule has 1 saturated heterocycles. The number of nitrogens with zero attached hydrogens (tertiary/aromatic N) is 5. The summed E-state index contributed by atoms with van der Waals surface area (Å²) in [5.41, 5.74) is 0.522. The van der Waals surface area contributed by atoms with Crippen LogP contribution in [0.25, 0.3) is 10.9 Å². The minimum Gasteiger partial charge on any atom is -0.395 e. The molecular weight excluding hydrogens is 322 g/mol. The van der Waals surface area contributed by atoms with Gasteiger partial charge in [0.05, 0.1) is 30.1 Å². The zero-order valence-electron chi connectivity index (χ0n) is 13.9. The summed E-state index contributed by atoms with van der Waals surface area (Å²) in [6, 6.07) is 7.58. The Hall–Kier alpha value is -2.74. The normalized spacial score (nSPS) is 17.5. The Kier molecular flexibility index (Phi) is 3.96. The Balaban J connectivity index is 1.87. The van der Waals surface area contributed by atoms with E-state index < -0.39 is 0 Å². The fourth-order valence-corrected chi connectivity index (χ4v) is 3.42. The highest BCUT2D eigenvalue weighted by Crippen LogP contribution is 2.34. The predicted molar refractivity (Wildman–Crippen MR) is 91.4 cm³/mol. The summed E-state index contributed by atoms with van der Waals surface area (Å²) in [4.78, 5) is 23.9. The molecule has 1 aliphatic rings. The molecule has 2 aromatic heterocycles. The van der Waals surface area contributed by atoms with Gasteiger partial charge in [0.2, 0.25) is 0 Å². The number of fused-ring (bicyclic) bond motifs is 1. The van der Waals surface area contributed by atoms with Crippen LogP contribution in [0.3, 0.4) is 0 Å². The average molecular weight is 341 g/mol. The van der Waals surface area contributed by atoms with Crippen LogP contribution in [-0.2, 0) is 6.54 Å². The van der Waals surface area contributed by atoms with E-state index in [-0.39, 0.29) is 24.8 Å². The molecule has 8 heteroatoms. The molecule has 1 unspecified atom stereocenters. The summed E-state index contributed by atoms with van der Waals surface area (Å²) in [7, 11) is 0. The van der Waals surface area contributed by atoms with E-state index in [9.17, 15) is 9.90 Å². The Bertz CT molecular complexity index is 964. The van der Waals surface area contributed by atoms with Crippen LogP contribution < -0.4 is 10.5 Å². The van der Waals surface area contributed by atoms with E-state index >= 15 is 0 Å². The SMILES string of the molecule is Cc1noc(N2CCCC2c2nc3ccccc3c(=O)n2CCO)n1. The van der Waals surface area contributed by atoms with Crippen molar-refractivity contribution in [3.8, 4) is 0 Å². The van der Waals surface area contributed by atoms with Crippen molar-refractivity contribution in [1.29, 1.82) is 0 Å². The molecule has 1 aliphatic heterocycles. The third kappa shape index (κ3) is 2.68. The smallest absolute Gasteiger partial charge is 0.324 e. The number of benzene rings is 1. The fraction of sp³-hybridized carbons (Fsp3) is 0.412. The van der Waals surface area contributed by atoms with E-state index in [1.807, 2.05) is 23.1 Å². The third-order valence-electron chi connectivity index (χ3n) is 4.53. The Morgan fingerprint density at radius 3 is 2.92 bits per heavy atom. The van der Waals surface area contributed by atoms with Gasteiger partial charge in [0.15, 0.2) is 5.82 Å². The molecule has 1 fully saturated rings. The molecule has 1 aromatic carbocycles. The second-order valence-electron chi connectivity index (χ2n) is 6.14. The van der Waals surface area contributed by atoms with Crippen LogP contribution in [0.1, 0.15) is 30.5 Å². The summed E-state index contributed by atoms with van der Waals surface area (Å²) < 4.78 is 6.88. The quantitative estimate of drug-likeness (QED) is 0.766. The van der Waals surface area contributed by atoms with Gasteiger partial charge in [0.25, 0.3) is 5.56 Å². The van der Waals surface area contributed by atoms with Crippen molar-refractivity contribution in [2.24, 2.45) is 0 Å². The first-order chi connectivity index (χ1) is 12.2. The maximum absolute atomic E-state index is 12.9. The second kappa shape index (κ2) is 6.29. The zero-order chi connectivity index (χ0) is 17.4. The summed E-state index contributed by atoms with van der Waals surface area (Å²) in [5, 5.41) is 13.8. The number of aliphatic hydroxyl groups is 1. The Morgan fingerprint density at radius 1 is 1.32 bits per heavy atom. The molecule has 0 amide bonds. The van der Waals surface area contributed by atoms with Crippen molar-refractivity contribution in [2.75, 3.05) is 18.1 Å². The van der Waals surface area contributed by atoms with Crippen molar-refractivity contribution in [2.45, 2.75) is 32.4 Å². The molecular formula is C17H19N5O3. The molecule has 0 bridgehead atoms. The highest BCUT2D eigenvalue weighted by Gasteiger charge is 2.33. The molecule has 3 heterocycles. The first kappa shape index (κ1) is 15.8. The van der Waals surface area contributed by atoms with Crippen LogP contribution in [0.5, 0.6) is 0 Å². The number of hydrogen-bond donors (Lipinski definition) is 1. The van der Waals surface area contributed by atoms with Crippen molar-refractivity contribution >= 4 is 16.9 Å². The molecule has 1 atom stereocenters. The van der Waals surface area contributed by atoms with E-state index in [2.05, 4.69) is 10.1 Å². The molecule has 0 spiro atoms. The van der Waals surface area contributed by atoms with Crippen molar-refractivity contribution in [3.05, 3.63) is 46.3 Å². The standard InChI is InChI=1S/C17H19N5O3/c1-11-18-17(25-20-11)21-8-4-7-14(21)15-19-13-6-3-2-5-12(13)16(24)22(15)9-10-23/h2-3,5-6,14,23H,4,7-10H2,1H3. The largest absolute Gasteiger partial charge is 0.395 e. The van der Waals surface area contributed by atoms with Crippen LogP contribution in [0.2, 0.25) is 0 Å². The van der Waals surface area contributed by atoms with Crippen LogP contribution >= 0.6 is 0 Å². The lowest BCUT2D eigenvalue weighted by Gasteiger charge is -2.24. The van der Waals surface area contributed by atoms with Crippen LogP contribution in [0, 0.1) is 6.92 Å². The second-order valence-corrected chi connectivity index (χ2v) is 6.14. The summed E-state index contributed by atoms with van der Waals surface area (Å²) >= 11 is 0. The summed E-state index contributed by atoms with van der Waals surface area (Å²) in [6.45, 7) is 2.61. The zero-order valence-corrected chi connectivity index (χ0v) is 13.9. The number of anilines is 1. The van der Waals surface area contributed by atoms with Gasteiger partial charge < -0.3 is 14.5 Å². The molecule has 1 N–H and O–H groups in total. The first-order valence-electron chi connectivity index (χ1n) is 8.36. The van der Waals surface area contributed by atoms with Crippen LogP contribution in [0.4, 0.5) is 6.01 Å². The van der Waals surface area contributed by atoms with E-state index in [0.717, 1.165) is 19.4 Å². The molecule has 0 saturated carbocycles. The van der Waals surface area contributed by atoms with Crippen LogP contribution in [0.15, 0.2) is 33.6 Å². The monoisotopic (exact) mass is 341 g/mol. The van der Waals surface area contributed by atoms with Crippen LogP contribution in [-0.4, -0.2) is 37.9 Å². The van der Waals surface area contributed by atoms with Gasteiger partial charge in [0, 0.05) is 6.54 Å². The fourth-order valence-electron chi connectivity index (χ4n) is 3.42. The lowest BCUT2D eigenvalue weighted by atomic mass is 10.1. The summed E-state index contributed by atoms with van der Waals surface area (Å²) in [6.07, 6.45) is 1.77. The minimum atomic E-state index is -0.136. The highest BCUT2D eigenvalue weighted by atomic mass is 16.5. The lowest BCUT2D eigenvalue weighted by Crippen LogP contribution is -2.33. The number of para-hydroxylation sites is 1. The van der Waals surface area contributed by atoms with Crippen molar-refractivity contribution in [3.63, 3.8) is 0 Å². The molecule has 8 nitrogen and oxygen atoms in total. The Labute approximate surface area is 143 Å². The van der Waals surface area contributed by atoms with Gasteiger partial charge >= 0.3 is 6.01 Å². The third-order valence-corrected chi connectivity index (χ3v) is 4.53. The number of aromatic nitrogens is 4. The van der Waals surface area contributed by atoms with Gasteiger partial charge in [-0.15, -0.1) is 0 Å². The van der Waals surface area contributed by atoms with E-state index in [4.69, 9.17) is 9.51 Å². The van der Waals surface area contributed by atoms with Gasteiger partial charge in [-0.1, -0.05) is 17.3 Å². The minimum absolute atomic E-state index is 0.126. The van der Waals surface area contributed by atoms with Crippen molar-refractivity contribution < 1.29 is 9.63 Å². The molecule has 0 aliphatic carbocycles. The highest BCUT2D eigenvalue weighted by molar-refractivity contribution is 5.77. The van der Waals surface area contributed by atoms with Gasteiger partial charge in [-0.2, -0.15) is 4.98 Å². The summed E-state index contributed by atoms with van der Waals surface area (Å²) in [5.74, 6) is 1.20. The van der Waals surface area contributed by atoms with E-state index in [1.54, 1.807) is 17.6 Å². The molecule has 3 aromatic rings. The van der Waals surface area contributed by atoms with Gasteiger partial charge in [0.1, 0.15) is 5.82 Å². The molecule has 130 valence electrons. The number of aliphatic hydroxyl groups excluding tert-OH is 1. The van der Waals surface area contributed by atoms with Gasteiger partial charge in [-0.05, 0) is 31.9 Å². The number of rotatable bonds is 4. The predicted octanol–water partition coefficient (Wildman–Crippen LogP) is 1.42. The van der Waals surface area contributed by atoms with E-state index in [0.29, 0.717) is 28.6 Å². The lowest BCUT2D eigenvalue weighted by molar-refractivity contribution is 0.270. The molecule has 4 rings (SSSR count). The van der Waals surface area contributed by atoms with E-state index in [1.165, 1.54) is 0 Å². The van der Waals surface area contributed by atoms with Gasteiger partial charge in [-0.3, -0.25) is 9.36 Å². The average Bonchev–Trinajstić information content (AvgIpc) is 3.26. The molecule has 25 heavy (non-hydrogen) atoms. The first-order valence-corrected chi connectivity index (χ1v) is 8.36. The number of aryl methyl sites for hydroxylation is 1. The Morgan fingerprint density at radius 2 is 2.16 bits per heavy atom. The maximum Gasteiger partial charge on any atom is 0.324 e. The number of hydrogen-bond acceptors (Lipinski definition) is 7. The topological polar surface area (TPSA) is 97.3 Å². The molecule has 0 radical (unpaired) electrons. The van der Waals surface area contributed by atoms with Crippen molar-refractivity contribution in [1.82, 2.24) is 19.7 Å². The maximum atomic E-state index is 12.9.